The SMILES string of the molecule is Cc1ccc(S(=O)(=O)C(C)C(C)(C)I)cc1. The monoisotopic (exact) mass is 352 g/mol. The van der Waals surface area contributed by atoms with Crippen molar-refractivity contribution in [3.05, 3.63) is 29.8 Å². The first kappa shape index (κ1) is 14.0. The average molecular weight is 352 g/mol. The second-order valence-corrected chi connectivity index (χ2v) is 9.61. The van der Waals surface area contributed by atoms with Gasteiger partial charge in [0.25, 0.3) is 0 Å². The predicted molar refractivity (Wildman–Crippen MR) is 75.9 cm³/mol. The second-order valence-electron chi connectivity index (χ2n) is 4.56. The van der Waals surface area contributed by atoms with Crippen LogP contribution in [0.5, 0.6) is 0 Å². The van der Waals surface area contributed by atoms with Crippen LogP contribution >= 0.6 is 22.6 Å². The lowest BCUT2D eigenvalue weighted by atomic mass is 10.1. The van der Waals surface area contributed by atoms with Crippen molar-refractivity contribution in [3.63, 3.8) is 0 Å². The van der Waals surface area contributed by atoms with Gasteiger partial charge in [0.15, 0.2) is 9.84 Å². The van der Waals surface area contributed by atoms with E-state index in [-0.39, 0.29) is 3.42 Å². The Morgan fingerprint density at radius 2 is 1.62 bits per heavy atom. The number of benzene rings is 1. The van der Waals surface area contributed by atoms with E-state index in [4.69, 9.17) is 0 Å². The van der Waals surface area contributed by atoms with Crippen LogP contribution < -0.4 is 0 Å². The minimum atomic E-state index is -3.22. The number of hydrogen-bond donors (Lipinski definition) is 0. The van der Waals surface area contributed by atoms with Crippen LogP contribution in [0.1, 0.15) is 26.3 Å². The molecule has 0 aliphatic heterocycles. The van der Waals surface area contributed by atoms with Gasteiger partial charge in [0.05, 0.1) is 10.1 Å². The van der Waals surface area contributed by atoms with Crippen LogP contribution in [0.3, 0.4) is 0 Å². The molecule has 0 saturated carbocycles. The van der Waals surface area contributed by atoms with Gasteiger partial charge in [-0.1, -0.05) is 40.3 Å². The minimum Gasteiger partial charge on any atom is -0.223 e. The molecule has 16 heavy (non-hydrogen) atoms. The summed E-state index contributed by atoms with van der Waals surface area (Å²) in [5, 5.41) is -0.400. The van der Waals surface area contributed by atoms with Crippen molar-refractivity contribution in [2.24, 2.45) is 0 Å². The van der Waals surface area contributed by atoms with Crippen molar-refractivity contribution >= 4 is 32.4 Å². The molecule has 0 saturated heterocycles. The third kappa shape index (κ3) is 2.97. The molecular formula is C12H17IO2S. The van der Waals surface area contributed by atoms with Crippen molar-refractivity contribution in [3.8, 4) is 0 Å². The molecule has 0 spiro atoms. The van der Waals surface area contributed by atoms with Crippen molar-refractivity contribution < 1.29 is 8.42 Å². The lowest BCUT2D eigenvalue weighted by Crippen LogP contribution is -2.34. The van der Waals surface area contributed by atoms with Gasteiger partial charge in [0.2, 0.25) is 0 Å². The molecule has 0 heterocycles. The Bertz CT molecular complexity index is 455. The lowest BCUT2D eigenvalue weighted by Gasteiger charge is -2.25. The van der Waals surface area contributed by atoms with Crippen LogP contribution in [0.4, 0.5) is 0 Å². The Labute approximate surface area is 112 Å². The topological polar surface area (TPSA) is 34.1 Å². The summed E-state index contributed by atoms with van der Waals surface area (Å²) in [5.41, 5.74) is 1.07. The van der Waals surface area contributed by atoms with Crippen molar-refractivity contribution in [2.45, 2.75) is 41.3 Å². The number of hydrogen-bond acceptors (Lipinski definition) is 2. The highest BCUT2D eigenvalue weighted by Crippen LogP contribution is 2.30. The molecule has 0 aliphatic carbocycles. The minimum absolute atomic E-state index is 0.276. The maximum atomic E-state index is 12.3. The summed E-state index contributed by atoms with van der Waals surface area (Å²) in [6, 6.07) is 7.03. The highest BCUT2D eigenvalue weighted by Gasteiger charge is 2.34. The van der Waals surface area contributed by atoms with Crippen LogP contribution in [-0.2, 0) is 9.84 Å². The fourth-order valence-electron chi connectivity index (χ4n) is 1.30. The van der Waals surface area contributed by atoms with E-state index in [9.17, 15) is 8.42 Å². The first-order valence-electron chi connectivity index (χ1n) is 5.15. The summed E-state index contributed by atoms with van der Waals surface area (Å²) in [6.45, 7) is 7.58. The van der Waals surface area contributed by atoms with Crippen LogP contribution in [0, 0.1) is 6.92 Å². The Morgan fingerprint density at radius 3 is 2.00 bits per heavy atom. The van der Waals surface area contributed by atoms with E-state index < -0.39 is 15.1 Å². The molecule has 4 heteroatoms. The van der Waals surface area contributed by atoms with Gasteiger partial charge in [0, 0.05) is 3.42 Å². The van der Waals surface area contributed by atoms with Crippen LogP contribution in [-0.4, -0.2) is 17.1 Å². The molecule has 0 radical (unpaired) electrons. The fourth-order valence-corrected chi connectivity index (χ4v) is 3.97. The third-order valence-electron chi connectivity index (χ3n) is 2.78. The normalized spacial score (nSPS) is 14.8. The summed E-state index contributed by atoms with van der Waals surface area (Å²) < 4.78 is 24.3. The highest BCUT2D eigenvalue weighted by molar-refractivity contribution is 14.1. The maximum Gasteiger partial charge on any atom is 0.182 e. The van der Waals surface area contributed by atoms with E-state index in [1.54, 1.807) is 19.1 Å². The molecule has 0 amide bonds. The number of aryl methyl sites for hydroxylation is 1. The Kier molecular flexibility index (Phi) is 4.05. The van der Waals surface area contributed by atoms with Crippen LogP contribution in [0.25, 0.3) is 0 Å². The van der Waals surface area contributed by atoms with E-state index in [0.717, 1.165) is 5.56 Å². The molecule has 1 rings (SSSR count). The van der Waals surface area contributed by atoms with E-state index in [1.165, 1.54) is 0 Å². The molecule has 2 nitrogen and oxygen atoms in total. The summed E-state index contributed by atoms with van der Waals surface area (Å²) in [4.78, 5) is 0.412. The molecule has 0 aromatic heterocycles. The second kappa shape index (κ2) is 4.64. The Balaban J connectivity index is 3.17. The van der Waals surface area contributed by atoms with Gasteiger partial charge in [-0.3, -0.25) is 0 Å². The average Bonchev–Trinajstić information content (AvgIpc) is 2.16. The number of alkyl halides is 1. The third-order valence-corrected chi connectivity index (χ3v) is 6.59. The number of sulfone groups is 1. The number of rotatable bonds is 3. The molecule has 0 bridgehead atoms. The molecule has 0 N–H and O–H groups in total. The molecular weight excluding hydrogens is 335 g/mol. The first-order valence-corrected chi connectivity index (χ1v) is 7.77. The van der Waals surface area contributed by atoms with Gasteiger partial charge < -0.3 is 0 Å². The van der Waals surface area contributed by atoms with Crippen LogP contribution in [0.15, 0.2) is 29.2 Å². The molecule has 1 unspecified atom stereocenters. The Morgan fingerprint density at radius 1 is 1.19 bits per heavy atom. The van der Waals surface area contributed by atoms with Crippen molar-refractivity contribution in [1.29, 1.82) is 0 Å². The molecule has 1 aromatic carbocycles. The van der Waals surface area contributed by atoms with Gasteiger partial charge in [-0.25, -0.2) is 8.42 Å². The van der Waals surface area contributed by atoms with Gasteiger partial charge in [0.1, 0.15) is 0 Å². The zero-order valence-electron chi connectivity index (χ0n) is 9.99. The number of halogens is 1. The van der Waals surface area contributed by atoms with E-state index in [2.05, 4.69) is 22.6 Å². The van der Waals surface area contributed by atoms with Crippen LogP contribution in [0.2, 0.25) is 0 Å². The highest BCUT2D eigenvalue weighted by atomic mass is 127. The molecule has 1 aromatic rings. The summed E-state index contributed by atoms with van der Waals surface area (Å²) in [6.07, 6.45) is 0. The summed E-state index contributed by atoms with van der Waals surface area (Å²) in [7, 11) is -3.22. The Hall–Kier alpha value is -0.100. The molecule has 0 aliphatic rings. The van der Waals surface area contributed by atoms with Gasteiger partial charge in [-0.05, 0) is 39.8 Å². The zero-order valence-corrected chi connectivity index (χ0v) is 13.0. The van der Waals surface area contributed by atoms with Gasteiger partial charge >= 0.3 is 0 Å². The standard InChI is InChI=1S/C12H17IO2S/c1-9-5-7-11(8-6-9)16(14,15)10(2)12(3,4)13/h5-8,10H,1-4H3. The summed E-state index contributed by atoms with van der Waals surface area (Å²) >= 11 is 2.18. The van der Waals surface area contributed by atoms with E-state index in [1.807, 2.05) is 32.9 Å². The van der Waals surface area contributed by atoms with E-state index in [0.29, 0.717) is 4.90 Å². The lowest BCUT2D eigenvalue weighted by molar-refractivity contribution is 0.568. The largest absolute Gasteiger partial charge is 0.223 e. The van der Waals surface area contributed by atoms with E-state index >= 15 is 0 Å². The summed E-state index contributed by atoms with van der Waals surface area (Å²) in [5.74, 6) is 0. The molecule has 90 valence electrons. The molecule has 1 atom stereocenters. The molecule has 0 fully saturated rings. The maximum absolute atomic E-state index is 12.3. The smallest absolute Gasteiger partial charge is 0.182 e. The van der Waals surface area contributed by atoms with Gasteiger partial charge in [-0.15, -0.1) is 0 Å². The predicted octanol–water partition coefficient (Wildman–Crippen LogP) is 3.37. The van der Waals surface area contributed by atoms with Crippen molar-refractivity contribution in [2.75, 3.05) is 0 Å². The zero-order chi connectivity index (χ0) is 12.6. The van der Waals surface area contributed by atoms with Gasteiger partial charge in [-0.2, -0.15) is 0 Å². The van der Waals surface area contributed by atoms with Crippen molar-refractivity contribution in [1.82, 2.24) is 0 Å². The first-order chi connectivity index (χ1) is 7.15. The fraction of sp³-hybridized carbons (Fsp3) is 0.500. The quantitative estimate of drug-likeness (QED) is 0.618.